The minimum atomic E-state index is -0.302. The van der Waals surface area contributed by atoms with Gasteiger partial charge < -0.3 is 19.7 Å². The highest BCUT2D eigenvalue weighted by Crippen LogP contribution is 2.30. The number of pyridine rings is 1. The van der Waals surface area contributed by atoms with Gasteiger partial charge in [0.05, 0.1) is 25.8 Å². The molecule has 1 aliphatic heterocycles. The fourth-order valence-corrected chi connectivity index (χ4v) is 3.81. The van der Waals surface area contributed by atoms with E-state index in [1.165, 1.54) is 0 Å². The summed E-state index contributed by atoms with van der Waals surface area (Å²) in [6.45, 7) is 0.949. The first-order valence-corrected chi connectivity index (χ1v) is 10.4. The van der Waals surface area contributed by atoms with Gasteiger partial charge in [-0.15, -0.1) is 0 Å². The van der Waals surface area contributed by atoms with E-state index in [1.807, 2.05) is 12.1 Å². The van der Waals surface area contributed by atoms with Crippen LogP contribution in [0.15, 0.2) is 48.8 Å². The molecule has 0 saturated carbocycles. The van der Waals surface area contributed by atoms with Gasteiger partial charge in [0.25, 0.3) is 5.91 Å². The van der Waals surface area contributed by atoms with Crippen LogP contribution >= 0.6 is 0 Å². The van der Waals surface area contributed by atoms with Crippen molar-refractivity contribution in [2.45, 2.75) is 12.8 Å². The lowest BCUT2D eigenvalue weighted by molar-refractivity contribution is -0.121. The van der Waals surface area contributed by atoms with Crippen LogP contribution in [-0.2, 0) is 4.79 Å². The molecule has 0 aliphatic carbocycles. The summed E-state index contributed by atoms with van der Waals surface area (Å²) < 4.78 is 10.5. The lowest BCUT2D eigenvalue weighted by Crippen LogP contribution is -2.43. The van der Waals surface area contributed by atoms with E-state index in [2.05, 4.69) is 20.5 Å². The van der Waals surface area contributed by atoms with Gasteiger partial charge in [0.1, 0.15) is 5.69 Å². The number of rotatable bonds is 6. The molecule has 0 unspecified atom stereocenters. The van der Waals surface area contributed by atoms with Gasteiger partial charge in [-0.25, -0.2) is 0 Å². The number of nitrogens with zero attached hydrogens (tertiary/aromatic N) is 3. The number of aromatic amines is 1. The molecule has 0 radical (unpaired) electrons. The van der Waals surface area contributed by atoms with Gasteiger partial charge >= 0.3 is 0 Å². The van der Waals surface area contributed by atoms with Crippen molar-refractivity contribution in [2.75, 3.05) is 32.6 Å². The molecule has 3 aromatic rings. The lowest BCUT2D eigenvalue weighted by atomic mass is 9.96. The molecule has 2 N–H and O–H groups in total. The Morgan fingerprint density at radius 1 is 1.09 bits per heavy atom. The monoisotopic (exact) mass is 435 g/mol. The van der Waals surface area contributed by atoms with Crippen LogP contribution in [0, 0.1) is 5.92 Å². The fraction of sp³-hybridized carbons (Fsp3) is 0.304. The summed E-state index contributed by atoms with van der Waals surface area (Å²) in [6.07, 6.45) is 4.82. The Morgan fingerprint density at radius 3 is 2.62 bits per heavy atom. The second-order valence-electron chi connectivity index (χ2n) is 7.55. The van der Waals surface area contributed by atoms with E-state index in [4.69, 9.17) is 9.47 Å². The van der Waals surface area contributed by atoms with Crippen LogP contribution in [0.3, 0.4) is 0 Å². The molecule has 32 heavy (non-hydrogen) atoms. The average molecular weight is 435 g/mol. The first kappa shape index (κ1) is 21.4. The summed E-state index contributed by atoms with van der Waals surface area (Å²) in [5.74, 6) is 0.530. The Morgan fingerprint density at radius 2 is 1.88 bits per heavy atom. The van der Waals surface area contributed by atoms with E-state index < -0.39 is 0 Å². The number of carbonyl (C=O) groups is 2. The van der Waals surface area contributed by atoms with Crippen LogP contribution in [0.5, 0.6) is 11.5 Å². The Kier molecular flexibility index (Phi) is 6.34. The minimum Gasteiger partial charge on any atom is -0.493 e. The highest BCUT2D eigenvalue weighted by atomic mass is 16.5. The maximum Gasteiger partial charge on any atom is 0.271 e. The summed E-state index contributed by atoms with van der Waals surface area (Å²) in [7, 11) is 3.10. The molecule has 1 aromatic carbocycles. The van der Waals surface area contributed by atoms with Crippen LogP contribution in [0.2, 0.25) is 0 Å². The van der Waals surface area contributed by atoms with Crippen molar-refractivity contribution in [1.82, 2.24) is 20.1 Å². The number of aromatic nitrogens is 3. The van der Waals surface area contributed by atoms with E-state index in [1.54, 1.807) is 55.8 Å². The number of hydrogen-bond donors (Lipinski definition) is 2. The Hall–Kier alpha value is -3.88. The van der Waals surface area contributed by atoms with E-state index in [0.717, 1.165) is 12.0 Å². The van der Waals surface area contributed by atoms with Crippen molar-refractivity contribution in [1.29, 1.82) is 0 Å². The highest BCUT2D eigenvalue weighted by molar-refractivity contribution is 5.96. The van der Waals surface area contributed by atoms with Crippen molar-refractivity contribution >= 4 is 17.5 Å². The highest BCUT2D eigenvalue weighted by Gasteiger charge is 2.30. The second kappa shape index (κ2) is 9.51. The van der Waals surface area contributed by atoms with Crippen molar-refractivity contribution in [2.24, 2.45) is 5.92 Å². The summed E-state index contributed by atoms with van der Waals surface area (Å²) in [5.41, 5.74) is 2.57. The molecule has 9 nitrogen and oxygen atoms in total. The van der Waals surface area contributed by atoms with Gasteiger partial charge in [-0.2, -0.15) is 5.10 Å². The number of amides is 2. The van der Waals surface area contributed by atoms with Gasteiger partial charge in [0, 0.05) is 42.8 Å². The number of carbonyl (C=O) groups excluding carboxylic acids is 2. The number of H-pyrrole nitrogens is 1. The zero-order valence-corrected chi connectivity index (χ0v) is 18.0. The molecule has 1 atom stereocenters. The third kappa shape index (κ3) is 4.56. The number of hydrogen-bond acceptors (Lipinski definition) is 6. The predicted octanol–water partition coefficient (Wildman–Crippen LogP) is 2.98. The summed E-state index contributed by atoms with van der Waals surface area (Å²) in [5, 5.41) is 9.99. The number of nitrogens with one attached hydrogen (secondary N) is 2. The van der Waals surface area contributed by atoms with Crippen LogP contribution in [-0.4, -0.2) is 59.2 Å². The maximum absolute atomic E-state index is 13.0. The number of anilines is 1. The average Bonchev–Trinajstić information content (AvgIpc) is 3.34. The third-order valence-corrected chi connectivity index (χ3v) is 5.51. The Labute approximate surface area is 185 Å². The zero-order valence-electron chi connectivity index (χ0n) is 18.0. The van der Waals surface area contributed by atoms with Gasteiger partial charge in [-0.3, -0.25) is 19.7 Å². The summed E-state index contributed by atoms with van der Waals surface area (Å²) in [6, 6.07) is 10.6. The number of piperidine rings is 1. The smallest absolute Gasteiger partial charge is 0.271 e. The first-order chi connectivity index (χ1) is 15.6. The van der Waals surface area contributed by atoms with Gasteiger partial charge in [0.2, 0.25) is 5.91 Å². The molecule has 4 rings (SSSR count). The number of benzene rings is 1. The normalized spacial score (nSPS) is 15.8. The standard InChI is InChI=1S/C23H25N5O4/c1-31-20-6-5-17(12-21(20)32-2)25-22(29)16-4-3-11-28(14-16)23(30)19-13-18(26-27-19)15-7-9-24-10-8-15/h5-10,12-13,16H,3-4,11,14H2,1-2H3,(H,25,29)(H,26,27)/t16-/m0/s1. The summed E-state index contributed by atoms with van der Waals surface area (Å²) >= 11 is 0. The molecule has 2 aromatic heterocycles. The largest absolute Gasteiger partial charge is 0.493 e. The Bertz CT molecular complexity index is 1100. The van der Waals surface area contributed by atoms with Crippen molar-refractivity contribution in [3.05, 3.63) is 54.5 Å². The topological polar surface area (TPSA) is 109 Å². The van der Waals surface area contributed by atoms with Crippen LogP contribution < -0.4 is 14.8 Å². The maximum atomic E-state index is 13.0. The number of methoxy groups -OCH3 is 2. The molecule has 9 heteroatoms. The van der Waals surface area contributed by atoms with Crippen LogP contribution in [0.25, 0.3) is 11.3 Å². The van der Waals surface area contributed by atoms with Gasteiger partial charge in [-0.1, -0.05) is 0 Å². The van der Waals surface area contributed by atoms with Crippen molar-refractivity contribution in [3.63, 3.8) is 0 Å². The number of likely N-dealkylation sites (tertiary alicyclic amines) is 1. The molecule has 2 amide bonds. The van der Waals surface area contributed by atoms with E-state index in [-0.39, 0.29) is 17.7 Å². The quantitative estimate of drug-likeness (QED) is 0.616. The predicted molar refractivity (Wildman–Crippen MR) is 119 cm³/mol. The minimum absolute atomic E-state index is 0.128. The SMILES string of the molecule is COc1ccc(NC(=O)[C@H]2CCCN(C(=O)c3cc(-c4ccncc4)n[nH]3)C2)cc1OC. The lowest BCUT2D eigenvalue weighted by Gasteiger charge is -2.31. The van der Waals surface area contributed by atoms with Gasteiger partial charge in [-0.05, 0) is 43.2 Å². The molecule has 166 valence electrons. The molecule has 0 bridgehead atoms. The van der Waals surface area contributed by atoms with E-state index >= 15 is 0 Å². The zero-order chi connectivity index (χ0) is 22.5. The molecule has 0 spiro atoms. The van der Waals surface area contributed by atoms with Crippen molar-refractivity contribution in [3.8, 4) is 22.8 Å². The van der Waals surface area contributed by atoms with Crippen LogP contribution in [0.4, 0.5) is 5.69 Å². The fourth-order valence-electron chi connectivity index (χ4n) is 3.81. The molecule has 1 saturated heterocycles. The van der Waals surface area contributed by atoms with Crippen LogP contribution in [0.1, 0.15) is 23.3 Å². The van der Waals surface area contributed by atoms with E-state index in [9.17, 15) is 9.59 Å². The summed E-state index contributed by atoms with van der Waals surface area (Å²) in [4.78, 5) is 31.6. The van der Waals surface area contributed by atoms with E-state index in [0.29, 0.717) is 48.1 Å². The van der Waals surface area contributed by atoms with Crippen molar-refractivity contribution < 1.29 is 19.1 Å². The van der Waals surface area contributed by atoms with Gasteiger partial charge in [0.15, 0.2) is 11.5 Å². The Balaban J connectivity index is 1.41. The number of ether oxygens (including phenoxy) is 2. The first-order valence-electron chi connectivity index (χ1n) is 10.4. The second-order valence-corrected chi connectivity index (χ2v) is 7.55. The molecule has 1 fully saturated rings. The molecular formula is C23H25N5O4. The molecular weight excluding hydrogens is 410 g/mol. The third-order valence-electron chi connectivity index (χ3n) is 5.51. The molecule has 3 heterocycles. The molecule has 1 aliphatic rings.